The molecule has 0 rings (SSSR count). The van der Waals surface area contributed by atoms with Crippen LogP contribution in [-0.4, -0.2) is 45.4 Å². The van der Waals surface area contributed by atoms with Crippen LogP contribution in [0.5, 0.6) is 0 Å². The molecule has 0 aliphatic heterocycles. The molecule has 0 heterocycles. The van der Waals surface area contributed by atoms with Crippen molar-refractivity contribution in [3.8, 4) is 0 Å². The van der Waals surface area contributed by atoms with Crippen LogP contribution in [0.4, 0.5) is 0 Å². The average Bonchev–Trinajstić information content (AvgIpc) is 2.47. The molecule has 0 aliphatic rings. The molecule has 0 fully saturated rings. The Kier molecular flexibility index (Phi) is 12.7. The Bertz CT molecular complexity index is 375. The molecule has 140 valence electrons. The van der Waals surface area contributed by atoms with Gasteiger partial charge in [-0.2, -0.15) is 0 Å². The number of phosphoric acid groups is 1. The van der Waals surface area contributed by atoms with Gasteiger partial charge in [0.1, 0.15) is 0 Å². The fourth-order valence-electron chi connectivity index (χ4n) is 1.74. The largest absolute Gasteiger partial charge is 0.475 e. The van der Waals surface area contributed by atoms with E-state index < -0.39 is 21.3 Å². The first kappa shape index (κ1) is 23.2. The molecule has 1 N–H and O–H groups in total. The second-order valence-corrected chi connectivity index (χ2v) is 8.22. The van der Waals surface area contributed by atoms with Crippen molar-refractivity contribution in [1.82, 2.24) is 5.32 Å². The summed E-state index contributed by atoms with van der Waals surface area (Å²) in [4.78, 5) is 0. The van der Waals surface area contributed by atoms with Crippen molar-refractivity contribution >= 4 is 15.4 Å². The Labute approximate surface area is 139 Å². The highest BCUT2D eigenvalue weighted by Crippen LogP contribution is 2.60. The Morgan fingerprint density at radius 2 is 1.30 bits per heavy atom. The molecule has 0 saturated heterocycles. The van der Waals surface area contributed by atoms with E-state index in [2.05, 4.69) is 5.32 Å². The maximum Gasteiger partial charge on any atom is 0.475 e. The maximum absolute atomic E-state index is 13.0. The molecule has 0 spiro atoms. The highest BCUT2D eigenvalue weighted by atomic mass is 31.2. The number of hydrogen-bond acceptors (Lipinski definition) is 8. The number of hydrogen-bond donors (Lipinski definition) is 1. The van der Waals surface area contributed by atoms with E-state index in [1.165, 1.54) is 0 Å². The molecular formula is C13H31NO7P2. The Morgan fingerprint density at radius 3 is 1.70 bits per heavy atom. The van der Waals surface area contributed by atoms with E-state index in [1.54, 1.807) is 27.7 Å². The smallest absolute Gasteiger partial charge is 0.313 e. The van der Waals surface area contributed by atoms with Crippen molar-refractivity contribution in [2.45, 2.75) is 46.9 Å². The first-order valence-electron chi connectivity index (χ1n) is 8.08. The summed E-state index contributed by atoms with van der Waals surface area (Å²) < 4.78 is 51.8. The normalized spacial score (nSPS) is 14.1. The van der Waals surface area contributed by atoms with E-state index in [-0.39, 0.29) is 33.0 Å². The van der Waals surface area contributed by atoms with Crippen LogP contribution < -0.4 is 5.32 Å². The zero-order chi connectivity index (χ0) is 17.8. The fourth-order valence-corrected chi connectivity index (χ4v) is 5.23. The molecule has 1 atom stereocenters. The lowest BCUT2D eigenvalue weighted by Gasteiger charge is -2.28. The molecule has 1 unspecified atom stereocenters. The third kappa shape index (κ3) is 8.75. The maximum atomic E-state index is 13.0. The summed E-state index contributed by atoms with van der Waals surface area (Å²) in [5.74, 6) is -1.09. The minimum atomic E-state index is -3.84. The lowest BCUT2D eigenvalue weighted by molar-refractivity contribution is 0.0890. The molecule has 0 amide bonds. The van der Waals surface area contributed by atoms with Crippen LogP contribution in [0.3, 0.4) is 0 Å². The Hall–Kier alpha value is 0.220. The highest BCUT2D eigenvalue weighted by Gasteiger charge is 2.42. The molecule has 0 aliphatic carbocycles. The molecule has 23 heavy (non-hydrogen) atoms. The first-order chi connectivity index (χ1) is 10.9. The van der Waals surface area contributed by atoms with E-state index in [9.17, 15) is 9.13 Å². The van der Waals surface area contributed by atoms with Crippen molar-refractivity contribution in [3.05, 3.63) is 0 Å². The summed E-state index contributed by atoms with van der Waals surface area (Å²) in [6.45, 7) is 10.2. The molecule has 8 nitrogen and oxygen atoms in total. The predicted molar refractivity (Wildman–Crippen MR) is 89.8 cm³/mol. The van der Waals surface area contributed by atoms with E-state index >= 15 is 0 Å². The zero-order valence-corrected chi connectivity index (χ0v) is 16.6. The predicted octanol–water partition coefficient (Wildman–Crippen LogP) is 3.78. The van der Waals surface area contributed by atoms with E-state index in [4.69, 9.17) is 22.6 Å². The van der Waals surface area contributed by atoms with E-state index in [1.807, 2.05) is 6.92 Å². The van der Waals surface area contributed by atoms with Gasteiger partial charge < -0.3 is 14.4 Å². The van der Waals surface area contributed by atoms with Gasteiger partial charge in [0.25, 0.3) is 0 Å². The van der Waals surface area contributed by atoms with Gasteiger partial charge in [-0.3, -0.25) is 18.1 Å². The number of rotatable bonds is 15. The average molecular weight is 375 g/mol. The molecule has 0 aromatic heterocycles. The third-order valence-corrected chi connectivity index (χ3v) is 6.60. The third-order valence-electron chi connectivity index (χ3n) is 2.54. The van der Waals surface area contributed by atoms with Crippen LogP contribution in [-0.2, 0) is 31.7 Å². The number of nitrogens with one attached hydrogen (secondary N) is 1. The highest BCUT2D eigenvalue weighted by molar-refractivity contribution is 7.56. The van der Waals surface area contributed by atoms with Crippen molar-refractivity contribution in [3.63, 3.8) is 0 Å². The molecule has 0 bridgehead atoms. The zero-order valence-electron chi connectivity index (χ0n) is 14.8. The van der Waals surface area contributed by atoms with Crippen LogP contribution in [0.1, 0.15) is 41.0 Å². The summed E-state index contributed by atoms with van der Waals surface area (Å²) in [5.41, 5.74) is 0. The van der Waals surface area contributed by atoms with Gasteiger partial charge in [-0.1, -0.05) is 6.92 Å². The molecule has 0 aromatic rings. The number of phosphoric ester groups is 1. The van der Waals surface area contributed by atoms with Crippen LogP contribution in [0.2, 0.25) is 0 Å². The van der Waals surface area contributed by atoms with Crippen LogP contribution in [0.25, 0.3) is 0 Å². The molecule has 0 saturated carbocycles. The second kappa shape index (κ2) is 12.6. The van der Waals surface area contributed by atoms with Gasteiger partial charge in [-0.25, -0.2) is 4.57 Å². The van der Waals surface area contributed by atoms with Gasteiger partial charge in [0, 0.05) is 6.54 Å². The standard InChI is InChI=1S/C13H31NO7P2/c1-6-11-14-12-13(22(15,17-7-2)18-8-3)21-23(16,19-9-4)20-10-5/h13-14H,6-12H2,1-5H3. The summed E-state index contributed by atoms with van der Waals surface area (Å²) in [5, 5.41) is 3.08. The lowest BCUT2D eigenvalue weighted by atomic mass is 10.5. The second-order valence-electron chi connectivity index (χ2n) is 4.42. The quantitative estimate of drug-likeness (QED) is 0.342. The summed E-state index contributed by atoms with van der Waals surface area (Å²) in [6.07, 6.45) is 0.884. The van der Waals surface area contributed by atoms with Crippen molar-refractivity contribution in [2.75, 3.05) is 39.5 Å². The summed E-state index contributed by atoms with van der Waals surface area (Å²) >= 11 is 0. The monoisotopic (exact) mass is 375 g/mol. The molecule has 10 heteroatoms. The first-order valence-corrected chi connectivity index (χ1v) is 11.1. The van der Waals surface area contributed by atoms with Crippen molar-refractivity contribution in [1.29, 1.82) is 0 Å². The van der Waals surface area contributed by atoms with Crippen LogP contribution in [0.15, 0.2) is 0 Å². The van der Waals surface area contributed by atoms with Gasteiger partial charge in [0.2, 0.25) is 0 Å². The molecule has 0 radical (unpaired) electrons. The summed E-state index contributed by atoms with van der Waals surface area (Å²) in [7, 11) is -7.47. The lowest BCUT2D eigenvalue weighted by Crippen LogP contribution is -2.31. The van der Waals surface area contributed by atoms with Crippen molar-refractivity contribution in [2.24, 2.45) is 0 Å². The van der Waals surface area contributed by atoms with E-state index in [0.29, 0.717) is 6.54 Å². The Balaban J connectivity index is 5.30. The Morgan fingerprint density at radius 1 is 0.826 bits per heavy atom. The molecular weight excluding hydrogens is 344 g/mol. The topological polar surface area (TPSA) is 92.3 Å². The van der Waals surface area contributed by atoms with Gasteiger partial charge in [-0.05, 0) is 40.7 Å². The minimum absolute atomic E-state index is 0.139. The van der Waals surface area contributed by atoms with Crippen LogP contribution >= 0.6 is 15.4 Å². The SMILES string of the molecule is CCCNCC(OP(=O)(OCC)OCC)P(=O)(OCC)OCC. The fraction of sp³-hybridized carbons (Fsp3) is 1.00. The van der Waals surface area contributed by atoms with E-state index in [0.717, 1.165) is 6.42 Å². The molecule has 0 aromatic carbocycles. The van der Waals surface area contributed by atoms with Crippen LogP contribution in [0, 0.1) is 0 Å². The summed E-state index contributed by atoms with van der Waals surface area (Å²) in [6, 6.07) is 0. The van der Waals surface area contributed by atoms with Gasteiger partial charge in [0.05, 0.1) is 26.4 Å². The van der Waals surface area contributed by atoms with Gasteiger partial charge >= 0.3 is 15.4 Å². The van der Waals surface area contributed by atoms with Gasteiger partial charge in [0.15, 0.2) is 5.85 Å². The van der Waals surface area contributed by atoms with Gasteiger partial charge in [-0.15, -0.1) is 0 Å². The van der Waals surface area contributed by atoms with Crippen molar-refractivity contribution < 1.29 is 31.7 Å². The minimum Gasteiger partial charge on any atom is -0.313 e.